The van der Waals surface area contributed by atoms with Crippen LogP contribution in [0.4, 0.5) is 10.2 Å². The van der Waals surface area contributed by atoms with E-state index in [0.29, 0.717) is 16.0 Å². The number of pyridine rings is 1. The van der Waals surface area contributed by atoms with Gasteiger partial charge in [-0.05, 0) is 43.6 Å². The highest BCUT2D eigenvalue weighted by Gasteiger charge is 2.14. The van der Waals surface area contributed by atoms with Gasteiger partial charge < -0.3 is 5.32 Å². The Morgan fingerprint density at radius 1 is 1.43 bits per heavy atom. The molecule has 0 saturated carbocycles. The van der Waals surface area contributed by atoms with Crippen LogP contribution in [0.15, 0.2) is 10.7 Å². The van der Waals surface area contributed by atoms with Crippen molar-refractivity contribution in [3.8, 4) is 0 Å². The third-order valence-corrected chi connectivity index (χ3v) is 2.08. The summed E-state index contributed by atoms with van der Waals surface area (Å²) in [6, 6.07) is 1.36. The highest BCUT2D eigenvalue weighted by molar-refractivity contribution is 9.10. The predicted octanol–water partition coefficient (Wildman–Crippen LogP) is 3.50. The second kappa shape index (κ2) is 3.85. The number of halogens is 2. The number of hydrogen-bond acceptors (Lipinski definition) is 2. The minimum absolute atomic E-state index is 0.120. The van der Waals surface area contributed by atoms with E-state index >= 15 is 0 Å². The molecule has 0 radical (unpaired) electrons. The van der Waals surface area contributed by atoms with Crippen molar-refractivity contribution >= 4 is 21.7 Å². The van der Waals surface area contributed by atoms with E-state index in [9.17, 15) is 4.39 Å². The molecule has 0 aliphatic rings. The Kier molecular flexibility index (Phi) is 3.14. The van der Waals surface area contributed by atoms with Crippen molar-refractivity contribution in [3.63, 3.8) is 0 Å². The molecule has 14 heavy (non-hydrogen) atoms. The fraction of sp³-hybridized carbons (Fsp3) is 0.500. The molecule has 0 fully saturated rings. The SMILES string of the molecule is Cc1c(F)cc(Br)nc1NC(C)(C)C. The summed E-state index contributed by atoms with van der Waals surface area (Å²) < 4.78 is 13.8. The van der Waals surface area contributed by atoms with E-state index < -0.39 is 0 Å². The van der Waals surface area contributed by atoms with Crippen molar-refractivity contribution < 1.29 is 4.39 Å². The standard InChI is InChI=1S/C10H14BrFN2/c1-6-7(12)5-8(11)13-9(6)14-10(2,3)4/h5H,1-4H3,(H,13,14). The Hall–Kier alpha value is -0.640. The number of hydrogen-bond donors (Lipinski definition) is 1. The molecule has 0 spiro atoms. The lowest BCUT2D eigenvalue weighted by Crippen LogP contribution is -2.27. The number of aromatic nitrogens is 1. The van der Waals surface area contributed by atoms with E-state index in [1.807, 2.05) is 20.8 Å². The maximum Gasteiger partial charge on any atom is 0.133 e. The molecule has 1 aromatic rings. The van der Waals surface area contributed by atoms with Crippen molar-refractivity contribution in [2.45, 2.75) is 33.2 Å². The lowest BCUT2D eigenvalue weighted by atomic mass is 10.1. The van der Waals surface area contributed by atoms with Crippen LogP contribution in [-0.4, -0.2) is 10.5 Å². The van der Waals surface area contributed by atoms with Gasteiger partial charge in [-0.15, -0.1) is 0 Å². The molecule has 0 atom stereocenters. The number of anilines is 1. The molecule has 78 valence electrons. The molecule has 0 amide bonds. The second-order valence-corrected chi connectivity index (χ2v) is 5.09. The summed E-state index contributed by atoms with van der Waals surface area (Å²) in [6.07, 6.45) is 0. The number of rotatable bonds is 1. The summed E-state index contributed by atoms with van der Waals surface area (Å²) in [5.74, 6) is 0.336. The molecule has 1 rings (SSSR count). The molecule has 1 N–H and O–H groups in total. The maximum absolute atomic E-state index is 13.3. The lowest BCUT2D eigenvalue weighted by Gasteiger charge is -2.22. The van der Waals surface area contributed by atoms with Crippen molar-refractivity contribution in [2.75, 3.05) is 5.32 Å². The zero-order valence-corrected chi connectivity index (χ0v) is 10.4. The third kappa shape index (κ3) is 2.94. The van der Waals surface area contributed by atoms with Gasteiger partial charge in [0.2, 0.25) is 0 Å². The van der Waals surface area contributed by atoms with Crippen LogP contribution in [0.2, 0.25) is 0 Å². The quantitative estimate of drug-likeness (QED) is 0.782. The van der Waals surface area contributed by atoms with Gasteiger partial charge in [0.05, 0.1) is 0 Å². The van der Waals surface area contributed by atoms with Crippen molar-refractivity contribution in [2.24, 2.45) is 0 Å². The van der Waals surface area contributed by atoms with Crippen molar-refractivity contribution in [1.29, 1.82) is 0 Å². The summed E-state index contributed by atoms with van der Waals surface area (Å²) in [5.41, 5.74) is 0.425. The highest BCUT2D eigenvalue weighted by Crippen LogP contribution is 2.22. The molecule has 4 heteroatoms. The first-order chi connectivity index (χ1) is 6.29. The van der Waals surface area contributed by atoms with Crippen LogP contribution in [0.1, 0.15) is 26.3 Å². The number of nitrogens with one attached hydrogen (secondary N) is 1. The molecule has 0 aromatic carbocycles. The molecule has 0 aliphatic heterocycles. The second-order valence-electron chi connectivity index (χ2n) is 4.28. The maximum atomic E-state index is 13.3. The molecule has 0 unspecified atom stereocenters. The van der Waals surface area contributed by atoms with Gasteiger partial charge in [0.25, 0.3) is 0 Å². The highest BCUT2D eigenvalue weighted by atomic mass is 79.9. The van der Waals surface area contributed by atoms with E-state index in [4.69, 9.17) is 0 Å². The summed E-state index contributed by atoms with van der Waals surface area (Å²) >= 11 is 3.16. The smallest absolute Gasteiger partial charge is 0.133 e. The van der Waals surface area contributed by atoms with Crippen LogP contribution in [-0.2, 0) is 0 Å². The van der Waals surface area contributed by atoms with Gasteiger partial charge in [-0.3, -0.25) is 0 Å². The largest absolute Gasteiger partial charge is 0.365 e. The molecule has 0 saturated heterocycles. The van der Waals surface area contributed by atoms with Crippen LogP contribution in [0.25, 0.3) is 0 Å². The Balaban J connectivity index is 3.09. The zero-order valence-electron chi connectivity index (χ0n) is 8.78. The molecular formula is C10H14BrFN2. The number of nitrogens with zero attached hydrogens (tertiary/aromatic N) is 1. The van der Waals surface area contributed by atoms with Gasteiger partial charge in [0, 0.05) is 17.2 Å². The lowest BCUT2D eigenvalue weighted by molar-refractivity contribution is 0.604. The molecule has 2 nitrogen and oxygen atoms in total. The fourth-order valence-corrected chi connectivity index (χ4v) is 1.40. The molecular weight excluding hydrogens is 247 g/mol. The zero-order chi connectivity index (χ0) is 10.9. The first kappa shape index (κ1) is 11.4. The Morgan fingerprint density at radius 3 is 2.50 bits per heavy atom. The molecule has 0 bridgehead atoms. The first-order valence-electron chi connectivity index (χ1n) is 4.40. The van der Waals surface area contributed by atoms with Crippen LogP contribution in [0.5, 0.6) is 0 Å². The van der Waals surface area contributed by atoms with E-state index in [1.54, 1.807) is 6.92 Å². The normalized spacial score (nSPS) is 11.6. The predicted molar refractivity (Wildman–Crippen MR) is 60.0 cm³/mol. The molecule has 1 heterocycles. The Bertz CT molecular complexity index is 345. The summed E-state index contributed by atoms with van der Waals surface area (Å²) in [6.45, 7) is 7.73. The topological polar surface area (TPSA) is 24.9 Å². The minimum atomic E-state index is -0.251. The summed E-state index contributed by atoms with van der Waals surface area (Å²) in [5, 5.41) is 3.15. The van der Waals surface area contributed by atoms with E-state index in [-0.39, 0.29) is 11.4 Å². The van der Waals surface area contributed by atoms with E-state index in [0.717, 1.165) is 0 Å². The van der Waals surface area contributed by atoms with Crippen LogP contribution in [0, 0.1) is 12.7 Å². The van der Waals surface area contributed by atoms with Gasteiger partial charge in [0.1, 0.15) is 16.2 Å². The van der Waals surface area contributed by atoms with E-state index in [1.165, 1.54) is 6.07 Å². The van der Waals surface area contributed by atoms with Gasteiger partial charge in [-0.2, -0.15) is 0 Å². The van der Waals surface area contributed by atoms with Crippen LogP contribution >= 0.6 is 15.9 Å². The third-order valence-electron chi connectivity index (χ3n) is 1.67. The summed E-state index contributed by atoms with van der Waals surface area (Å²) in [7, 11) is 0. The monoisotopic (exact) mass is 260 g/mol. The average molecular weight is 261 g/mol. The Morgan fingerprint density at radius 2 is 2.00 bits per heavy atom. The molecule has 1 aromatic heterocycles. The first-order valence-corrected chi connectivity index (χ1v) is 5.20. The van der Waals surface area contributed by atoms with Crippen molar-refractivity contribution in [3.05, 3.63) is 22.1 Å². The summed E-state index contributed by atoms with van der Waals surface area (Å²) in [4.78, 5) is 4.18. The van der Waals surface area contributed by atoms with Gasteiger partial charge >= 0.3 is 0 Å². The van der Waals surface area contributed by atoms with Crippen molar-refractivity contribution in [1.82, 2.24) is 4.98 Å². The average Bonchev–Trinajstić information content (AvgIpc) is 1.96. The Labute approximate surface area is 92.1 Å². The fourth-order valence-electron chi connectivity index (χ4n) is 1.03. The van der Waals surface area contributed by atoms with Gasteiger partial charge in [0.15, 0.2) is 0 Å². The van der Waals surface area contributed by atoms with Gasteiger partial charge in [-0.1, -0.05) is 0 Å². The molecule has 0 aliphatic carbocycles. The van der Waals surface area contributed by atoms with E-state index in [2.05, 4.69) is 26.2 Å². The van der Waals surface area contributed by atoms with Crippen LogP contribution < -0.4 is 5.32 Å². The van der Waals surface area contributed by atoms with Crippen LogP contribution in [0.3, 0.4) is 0 Å². The minimum Gasteiger partial charge on any atom is -0.365 e. The van der Waals surface area contributed by atoms with Gasteiger partial charge in [-0.25, -0.2) is 9.37 Å².